The fourth-order valence-corrected chi connectivity index (χ4v) is 3.12. The molecule has 21 heavy (non-hydrogen) atoms. The smallest absolute Gasteiger partial charge is 0.265 e. The third-order valence-corrected chi connectivity index (χ3v) is 4.43. The molecule has 0 saturated heterocycles. The van der Waals surface area contributed by atoms with E-state index in [2.05, 4.69) is 21.9 Å². The van der Waals surface area contributed by atoms with Gasteiger partial charge < -0.3 is 5.32 Å². The van der Waals surface area contributed by atoms with Gasteiger partial charge in [-0.25, -0.2) is 13.4 Å². The van der Waals surface area contributed by atoms with Gasteiger partial charge in [-0.05, 0) is 43.2 Å². The number of nitrogens with one attached hydrogen (secondary N) is 2. The van der Waals surface area contributed by atoms with Gasteiger partial charge in [-0.15, -0.1) is 0 Å². The second-order valence-electron chi connectivity index (χ2n) is 4.54. The molecular formula is C15H19N3O2S. The van der Waals surface area contributed by atoms with Gasteiger partial charge in [0.25, 0.3) is 10.0 Å². The monoisotopic (exact) mass is 305 g/mol. The maximum Gasteiger partial charge on any atom is 0.265 e. The van der Waals surface area contributed by atoms with E-state index < -0.39 is 10.0 Å². The van der Waals surface area contributed by atoms with Gasteiger partial charge in [-0.2, -0.15) is 0 Å². The van der Waals surface area contributed by atoms with Crippen LogP contribution in [-0.2, 0) is 16.4 Å². The van der Waals surface area contributed by atoms with Gasteiger partial charge in [0.2, 0.25) is 0 Å². The summed E-state index contributed by atoms with van der Waals surface area (Å²) in [5, 5.41) is 2.96. The minimum absolute atomic E-state index is 0.145. The van der Waals surface area contributed by atoms with Gasteiger partial charge in [0, 0.05) is 18.4 Å². The van der Waals surface area contributed by atoms with E-state index >= 15 is 0 Å². The number of aryl methyl sites for hydroxylation is 1. The highest BCUT2D eigenvalue weighted by atomic mass is 32.2. The molecule has 0 amide bonds. The van der Waals surface area contributed by atoms with Gasteiger partial charge in [0.15, 0.2) is 0 Å². The summed E-state index contributed by atoms with van der Waals surface area (Å²) in [6, 6.07) is 10.5. The Balaban J connectivity index is 2.29. The molecule has 0 bridgehead atoms. The van der Waals surface area contributed by atoms with Crippen molar-refractivity contribution in [2.75, 3.05) is 16.6 Å². The normalized spacial score (nSPS) is 11.1. The molecule has 112 valence electrons. The van der Waals surface area contributed by atoms with Crippen molar-refractivity contribution in [1.82, 2.24) is 4.98 Å². The van der Waals surface area contributed by atoms with E-state index in [-0.39, 0.29) is 4.90 Å². The zero-order chi connectivity index (χ0) is 15.3. The van der Waals surface area contributed by atoms with E-state index in [0.717, 1.165) is 12.0 Å². The first-order chi connectivity index (χ1) is 10.1. The Morgan fingerprint density at radius 2 is 1.81 bits per heavy atom. The summed E-state index contributed by atoms with van der Waals surface area (Å²) in [6.07, 6.45) is 2.48. The second-order valence-corrected chi connectivity index (χ2v) is 6.19. The Hall–Kier alpha value is -2.08. The first-order valence-corrected chi connectivity index (χ1v) is 8.35. The van der Waals surface area contributed by atoms with E-state index in [4.69, 9.17) is 0 Å². The van der Waals surface area contributed by atoms with Crippen molar-refractivity contribution in [1.29, 1.82) is 0 Å². The average Bonchev–Trinajstić information content (AvgIpc) is 2.48. The van der Waals surface area contributed by atoms with Crippen molar-refractivity contribution in [3.8, 4) is 0 Å². The fourth-order valence-electron chi connectivity index (χ4n) is 1.93. The summed E-state index contributed by atoms with van der Waals surface area (Å²) in [6.45, 7) is 4.55. The third kappa shape index (κ3) is 3.72. The zero-order valence-electron chi connectivity index (χ0n) is 12.1. The van der Waals surface area contributed by atoms with E-state index in [1.165, 1.54) is 6.07 Å². The molecule has 1 heterocycles. The molecule has 0 aliphatic carbocycles. The zero-order valence-corrected chi connectivity index (χ0v) is 12.9. The molecule has 2 rings (SSSR count). The lowest BCUT2D eigenvalue weighted by atomic mass is 10.2. The molecule has 0 fully saturated rings. The number of sulfonamides is 1. The second kappa shape index (κ2) is 6.58. The van der Waals surface area contributed by atoms with Crippen LogP contribution in [0.5, 0.6) is 0 Å². The van der Waals surface area contributed by atoms with Crippen LogP contribution < -0.4 is 10.0 Å². The molecule has 1 aromatic heterocycles. The maximum absolute atomic E-state index is 12.5. The minimum Gasteiger partial charge on any atom is -0.369 e. The van der Waals surface area contributed by atoms with Crippen molar-refractivity contribution in [3.05, 3.63) is 48.2 Å². The highest BCUT2D eigenvalue weighted by Crippen LogP contribution is 2.21. The van der Waals surface area contributed by atoms with Crippen LogP contribution >= 0.6 is 0 Å². The molecule has 0 saturated carbocycles. The molecule has 0 aliphatic rings. The predicted octanol–water partition coefficient (Wildman–Crippen LogP) is 2.88. The number of aromatic nitrogens is 1. The molecule has 2 aromatic rings. The summed E-state index contributed by atoms with van der Waals surface area (Å²) in [7, 11) is -3.66. The molecule has 2 N–H and O–H groups in total. The lowest BCUT2D eigenvalue weighted by Gasteiger charge is -2.12. The van der Waals surface area contributed by atoms with E-state index in [1.807, 2.05) is 19.1 Å². The van der Waals surface area contributed by atoms with Crippen LogP contribution in [0.2, 0.25) is 0 Å². The lowest BCUT2D eigenvalue weighted by molar-refractivity contribution is 0.601. The van der Waals surface area contributed by atoms with Crippen LogP contribution in [0.15, 0.2) is 47.5 Å². The quantitative estimate of drug-likeness (QED) is 0.861. The molecular weight excluding hydrogens is 286 g/mol. The van der Waals surface area contributed by atoms with Crippen LogP contribution in [-0.4, -0.2) is 19.9 Å². The highest BCUT2D eigenvalue weighted by molar-refractivity contribution is 7.92. The fraction of sp³-hybridized carbons (Fsp3) is 0.267. The summed E-state index contributed by atoms with van der Waals surface area (Å²) in [4.78, 5) is 4.22. The van der Waals surface area contributed by atoms with E-state index in [1.54, 1.807) is 24.4 Å². The van der Waals surface area contributed by atoms with Crippen LogP contribution in [0.25, 0.3) is 0 Å². The highest BCUT2D eigenvalue weighted by Gasteiger charge is 2.19. The maximum atomic E-state index is 12.5. The Morgan fingerprint density at radius 1 is 1.10 bits per heavy atom. The minimum atomic E-state index is -3.66. The molecule has 5 nitrogen and oxygen atoms in total. The van der Waals surface area contributed by atoms with Crippen molar-refractivity contribution in [3.63, 3.8) is 0 Å². The van der Waals surface area contributed by atoms with E-state index in [0.29, 0.717) is 18.1 Å². The Bertz CT molecular complexity index is 697. The molecule has 0 radical (unpaired) electrons. The first-order valence-electron chi connectivity index (χ1n) is 6.87. The SMILES string of the molecule is CCNc1ncccc1S(=O)(=O)Nc1ccc(CC)cc1. The van der Waals surface area contributed by atoms with Crippen molar-refractivity contribution < 1.29 is 8.42 Å². The standard InChI is InChI=1S/C15H19N3O2S/c1-3-12-7-9-13(10-8-12)18-21(19,20)14-6-5-11-17-15(14)16-4-2/h5-11,18H,3-4H2,1-2H3,(H,16,17). The summed E-state index contributed by atoms with van der Waals surface area (Å²) >= 11 is 0. The van der Waals surface area contributed by atoms with Gasteiger partial charge in [0.05, 0.1) is 0 Å². The van der Waals surface area contributed by atoms with E-state index in [9.17, 15) is 8.42 Å². The van der Waals surface area contributed by atoms with Crippen LogP contribution in [0.4, 0.5) is 11.5 Å². The van der Waals surface area contributed by atoms with Gasteiger partial charge in [0.1, 0.15) is 10.7 Å². The molecule has 6 heteroatoms. The van der Waals surface area contributed by atoms with Crippen LogP contribution in [0.3, 0.4) is 0 Å². The number of nitrogens with zero attached hydrogens (tertiary/aromatic N) is 1. The van der Waals surface area contributed by atoms with Crippen LogP contribution in [0.1, 0.15) is 19.4 Å². The summed E-state index contributed by atoms with van der Waals surface area (Å²) in [5.41, 5.74) is 1.70. The Morgan fingerprint density at radius 3 is 2.43 bits per heavy atom. The van der Waals surface area contributed by atoms with Gasteiger partial charge in [-0.1, -0.05) is 19.1 Å². The molecule has 0 aliphatic heterocycles. The number of anilines is 2. The van der Waals surface area contributed by atoms with Crippen LogP contribution in [0, 0.1) is 0 Å². The van der Waals surface area contributed by atoms with Gasteiger partial charge in [-0.3, -0.25) is 4.72 Å². The first kappa shape index (κ1) is 15.3. The third-order valence-electron chi connectivity index (χ3n) is 3.02. The predicted molar refractivity (Wildman–Crippen MR) is 85.0 cm³/mol. The Labute approximate surface area is 125 Å². The number of rotatable bonds is 6. The molecule has 0 atom stereocenters. The lowest BCUT2D eigenvalue weighted by Crippen LogP contribution is -2.16. The molecule has 0 unspecified atom stereocenters. The number of hydrogen-bond acceptors (Lipinski definition) is 4. The van der Waals surface area contributed by atoms with Gasteiger partial charge >= 0.3 is 0 Å². The van der Waals surface area contributed by atoms with Crippen molar-refractivity contribution >= 4 is 21.5 Å². The summed E-state index contributed by atoms with van der Waals surface area (Å²) in [5.74, 6) is 0.359. The largest absolute Gasteiger partial charge is 0.369 e. The topological polar surface area (TPSA) is 71.1 Å². The molecule has 1 aromatic carbocycles. The van der Waals surface area contributed by atoms with Crippen molar-refractivity contribution in [2.45, 2.75) is 25.2 Å². The van der Waals surface area contributed by atoms with Crippen molar-refractivity contribution in [2.24, 2.45) is 0 Å². The Kier molecular flexibility index (Phi) is 4.80. The average molecular weight is 305 g/mol. The number of pyridine rings is 1. The molecule has 0 spiro atoms. The number of benzene rings is 1. The number of hydrogen-bond donors (Lipinski definition) is 2. The summed E-state index contributed by atoms with van der Waals surface area (Å²) < 4.78 is 27.5.